The molecule has 2 aromatic rings. The van der Waals surface area contributed by atoms with Gasteiger partial charge in [-0.25, -0.2) is 0 Å². The molecule has 0 aliphatic carbocycles. The number of halogens is 1. The molecule has 6 heteroatoms. The second-order valence-corrected chi connectivity index (χ2v) is 7.83. The van der Waals surface area contributed by atoms with Gasteiger partial charge >= 0.3 is 0 Å². The van der Waals surface area contributed by atoms with Crippen LogP contribution in [0, 0.1) is 0 Å². The first-order chi connectivity index (χ1) is 10.2. The summed E-state index contributed by atoms with van der Waals surface area (Å²) in [6.45, 7) is 9.75. The summed E-state index contributed by atoms with van der Waals surface area (Å²) >= 11 is 7.64. The van der Waals surface area contributed by atoms with Crippen molar-refractivity contribution in [2.45, 2.75) is 51.7 Å². The quantitative estimate of drug-likeness (QED) is 0.810. The summed E-state index contributed by atoms with van der Waals surface area (Å²) in [6.07, 6.45) is 0.0423. The number of nitrogens with zero attached hydrogens (tertiary/aromatic N) is 1. The van der Waals surface area contributed by atoms with Gasteiger partial charge in [0.15, 0.2) is 0 Å². The second-order valence-electron chi connectivity index (χ2n) is 6.34. The molecule has 0 bridgehead atoms. The number of thiazole rings is 1. The topological polar surface area (TPSA) is 51.6 Å². The van der Waals surface area contributed by atoms with E-state index in [0.29, 0.717) is 10.9 Å². The van der Waals surface area contributed by atoms with Gasteiger partial charge in [0.05, 0.1) is 22.8 Å². The Kier molecular flexibility index (Phi) is 5.20. The van der Waals surface area contributed by atoms with Crippen LogP contribution in [0.5, 0.6) is 10.9 Å². The second kappa shape index (κ2) is 6.60. The van der Waals surface area contributed by atoms with E-state index in [2.05, 4.69) is 4.98 Å². The first-order valence-electron chi connectivity index (χ1n) is 7.25. The van der Waals surface area contributed by atoms with E-state index < -0.39 is 5.38 Å². The summed E-state index contributed by atoms with van der Waals surface area (Å²) < 4.78 is 12.6. The molecule has 0 aliphatic heterocycles. The van der Waals surface area contributed by atoms with Crippen molar-refractivity contribution in [2.75, 3.05) is 6.61 Å². The maximum atomic E-state index is 9.35. The molecule has 122 valence electrons. The fourth-order valence-electron chi connectivity index (χ4n) is 1.99. The van der Waals surface area contributed by atoms with E-state index >= 15 is 0 Å². The number of aliphatic hydroxyl groups is 1. The van der Waals surface area contributed by atoms with Gasteiger partial charge in [0, 0.05) is 0 Å². The van der Waals surface area contributed by atoms with Crippen LogP contribution in [-0.2, 0) is 0 Å². The van der Waals surface area contributed by atoms with Crippen molar-refractivity contribution < 1.29 is 14.6 Å². The molecule has 0 unspecified atom stereocenters. The monoisotopic (exact) mass is 343 g/mol. The molecule has 1 N–H and O–H groups in total. The van der Waals surface area contributed by atoms with Gasteiger partial charge in [-0.05, 0) is 46.2 Å². The number of hydrogen-bond donors (Lipinski definition) is 1. The number of alkyl halides is 1. The number of hydrogen-bond acceptors (Lipinski definition) is 5. The molecule has 0 fully saturated rings. The molecule has 0 spiro atoms. The first-order valence-corrected chi connectivity index (χ1v) is 8.50. The smallest absolute Gasteiger partial charge is 0.274 e. The molecule has 4 nitrogen and oxygen atoms in total. The number of rotatable bonds is 5. The summed E-state index contributed by atoms with van der Waals surface area (Å²) in [5.74, 6) is 0.697. The molecular formula is C16H22ClNO3S. The molecular weight excluding hydrogens is 322 g/mol. The minimum Gasteiger partial charge on any atom is -0.486 e. The van der Waals surface area contributed by atoms with E-state index in [1.165, 1.54) is 11.3 Å². The summed E-state index contributed by atoms with van der Waals surface area (Å²) in [5.41, 5.74) is 1.25. The number of fused-ring (bicyclic) bond motifs is 1. The molecule has 1 aromatic heterocycles. The van der Waals surface area contributed by atoms with E-state index in [-0.39, 0.29) is 18.3 Å². The highest BCUT2D eigenvalue weighted by Crippen LogP contribution is 2.41. The third-order valence-corrected chi connectivity index (χ3v) is 4.14. The van der Waals surface area contributed by atoms with Crippen molar-refractivity contribution in [1.82, 2.24) is 4.98 Å². The Bertz CT molecular complexity index is 649. The highest BCUT2D eigenvalue weighted by Gasteiger charge is 2.21. The average molecular weight is 344 g/mol. The van der Waals surface area contributed by atoms with Gasteiger partial charge in [0.2, 0.25) is 0 Å². The summed E-state index contributed by atoms with van der Waals surface area (Å²) in [5, 5.41) is 9.45. The molecule has 0 saturated carbocycles. The van der Waals surface area contributed by atoms with Crippen LogP contribution in [0.3, 0.4) is 0 Å². The molecule has 22 heavy (non-hydrogen) atoms. The first kappa shape index (κ1) is 17.3. The zero-order chi connectivity index (χ0) is 16.5. The predicted octanol–water partition coefficient (Wildman–Crippen LogP) is 4.53. The number of ether oxygens (including phenoxy) is 2. The van der Waals surface area contributed by atoms with Crippen molar-refractivity contribution in [2.24, 2.45) is 0 Å². The van der Waals surface area contributed by atoms with Gasteiger partial charge in [-0.15, -0.1) is 11.6 Å². The zero-order valence-electron chi connectivity index (χ0n) is 13.5. The van der Waals surface area contributed by atoms with E-state index in [1.807, 2.05) is 46.8 Å². The molecule has 0 amide bonds. The van der Waals surface area contributed by atoms with Crippen molar-refractivity contribution in [1.29, 1.82) is 0 Å². The third kappa shape index (κ3) is 4.03. The number of benzene rings is 1. The zero-order valence-corrected chi connectivity index (χ0v) is 15.1. The van der Waals surface area contributed by atoms with Crippen LogP contribution < -0.4 is 9.47 Å². The van der Waals surface area contributed by atoms with Crippen LogP contribution in [-0.4, -0.2) is 28.4 Å². The van der Waals surface area contributed by atoms with Gasteiger partial charge in [0.25, 0.3) is 5.19 Å². The molecule has 0 saturated heterocycles. The Morgan fingerprint density at radius 2 is 2.00 bits per heavy atom. The van der Waals surface area contributed by atoms with Crippen LogP contribution >= 0.6 is 22.9 Å². The summed E-state index contributed by atoms with van der Waals surface area (Å²) in [6, 6.07) is 3.74. The van der Waals surface area contributed by atoms with Gasteiger partial charge in [-0.1, -0.05) is 17.4 Å². The lowest BCUT2D eigenvalue weighted by molar-refractivity contribution is 0.133. The summed E-state index contributed by atoms with van der Waals surface area (Å²) in [4.78, 5) is 4.55. The van der Waals surface area contributed by atoms with Crippen LogP contribution in [0.25, 0.3) is 10.2 Å². The van der Waals surface area contributed by atoms with Crippen molar-refractivity contribution >= 4 is 33.2 Å². The van der Waals surface area contributed by atoms with Crippen molar-refractivity contribution in [3.63, 3.8) is 0 Å². The van der Waals surface area contributed by atoms with Crippen molar-refractivity contribution in [3.8, 4) is 10.9 Å². The Morgan fingerprint density at radius 1 is 1.32 bits per heavy atom. The van der Waals surface area contributed by atoms with Gasteiger partial charge in [-0.3, -0.25) is 0 Å². The predicted molar refractivity (Wildman–Crippen MR) is 91.4 cm³/mol. The highest BCUT2D eigenvalue weighted by atomic mass is 35.5. The Balaban J connectivity index is 2.56. The number of aliphatic hydroxyl groups excluding tert-OH is 1. The van der Waals surface area contributed by atoms with Gasteiger partial charge in [-0.2, -0.15) is 4.98 Å². The fourth-order valence-corrected chi connectivity index (χ4v) is 3.36. The van der Waals surface area contributed by atoms with Crippen LogP contribution in [0.2, 0.25) is 0 Å². The van der Waals surface area contributed by atoms with E-state index in [0.717, 1.165) is 15.8 Å². The maximum absolute atomic E-state index is 9.35. The van der Waals surface area contributed by atoms with E-state index in [1.54, 1.807) is 0 Å². The lowest BCUT2D eigenvalue weighted by Gasteiger charge is -2.22. The normalized spacial score (nSPS) is 13.6. The molecule has 0 radical (unpaired) electrons. The number of aromatic nitrogens is 1. The maximum Gasteiger partial charge on any atom is 0.274 e. The van der Waals surface area contributed by atoms with Crippen LogP contribution in [0.4, 0.5) is 0 Å². The largest absolute Gasteiger partial charge is 0.486 e. The van der Waals surface area contributed by atoms with Crippen LogP contribution in [0.1, 0.15) is 45.6 Å². The molecule has 2 rings (SSSR count). The third-order valence-electron chi connectivity index (χ3n) is 2.77. The van der Waals surface area contributed by atoms with Gasteiger partial charge < -0.3 is 14.6 Å². The standard InChI is InChI=1S/C16H22ClNO3S/c1-9(2)20-15-18-13-12(21-16(3,4)5)7-6-10(11(17)8-19)14(13)22-15/h6-7,9,11,19H,8H2,1-5H3/t11-/m0/s1. The Hall–Kier alpha value is -1.04. The molecule has 1 atom stereocenters. The van der Waals surface area contributed by atoms with Crippen molar-refractivity contribution in [3.05, 3.63) is 17.7 Å². The minimum atomic E-state index is -0.474. The van der Waals surface area contributed by atoms with Gasteiger partial charge in [0.1, 0.15) is 16.9 Å². The average Bonchev–Trinajstić information content (AvgIpc) is 2.79. The fraction of sp³-hybridized carbons (Fsp3) is 0.562. The lowest BCUT2D eigenvalue weighted by Crippen LogP contribution is -2.23. The Morgan fingerprint density at radius 3 is 2.55 bits per heavy atom. The Labute approximate surface area is 140 Å². The summed E-state index contributed by atoms with van der Waals surface area (Å²) in [7, 11) is 0. The van der Waals surface area contributed by atoms with E-state index in [9.17, 15) is 5.11 Å². The molecule has 1 aromatic carbocycles. The SMILES string of the molecule is CC(C)Oc1nc2c(OC(C)(C)C)ccc([C@@H](Cl)CO)c2s1. The minimum absolute atomic E-state index is 0.0423. The van der Waals surface area contributed by atoms with E-state index in [4.69, 9.17) is 21.1 Å². The highest BCUT2D eigenvalue weighted by molar-refractivity contribution is 7.20. The molecule has 1 heterocycles. The lowest BCUT2D eigenvalue weighted by atomic mass is 10.1. The van der Waals surface area contributed by atoms with Crippen LogP contribution in [0.15, 0.2) is 12.1 Å². The molecule has 0 aliphatic rings.